The zero-order chi connectivity index (χ0) is 18.0. The maximum Gasteiger partial charge on any atom is 0.292 e. The molecule has 2 aromatic carbocycles. The summed E-state index contributed by atoms with van der Waals surface area (Å²) in [7, 11) is 1.91. The molecule has 2 N–H and O–H groups in total. The van der Waals surface area contributed by atoms with Gasteiger partial charge in [0.15, 0.2) is 5.72 Å². The van der Waals surface area contributed by atoms with Crippen molar-refractivity contribution in [3.8, 4) is 0 Å². The predicted molar refractivity (Wildman–Crippen MR) is 98.9 cm³/mol. The lowest BCUT2D eigenvalue weighted by Gasteiger charge is -2.47. The van der Waals surface area contributed by atoms with Gasteiger partial charge in [-0.15, -0.1) is 0 Å². The second-order valence-corrected chi connectivity index (χ2v) is 6.34. The number of nitrogens with zero attached hydrogens (tertiary/aromatic N) is 3. The zero-order valence-corrected chi connectivity index (χ0v) is 14.4. The van der Waals surface area contributed by atoms with Gasteiger partial charge in [-0.05, 0) is 31.2 Å². The molecule has 1 atom stereocenters. The van der Waals surface area contributed by atoms with Gasteiger partial charge in [0, 0.05) is 31.0 Å². The summed E-state index contributed by atoms with van der Waals surface area (Å²) in [5.41, 5.74) is 7.25. The second-order valence-electron chi connectivity index (χ2n) is 6.34. The summed E-state index contributed by atoms with van der Waals surface area (Å²) in [4.78, 5) is 14.7. The Hall–Kier alpha value is -2.80. The standard InChI is InChI=1S/C18H22N4O3/c1-18(13-21(10-11-25-18)14-6-4-3-5-7-14)20(2)15-8-9-17(22(23)24)16(19)12-15/h3-9,12H,10-11,13,19H2,1-2H3. The van der Waals surface area contributed by atoms with Crippen molar-refractivity contribution in [1.29, 1.82) is 0 Å². The average molecular weight is 342 g/mol. The number of nitro benzene ring substituents is 1. The normalized spacial score (nSPS) is 20.3. The number of benzene rings is 2. The van der Waals surface area contributed by atoms with Crippen LogP contribution in [0.4, 0.5) is 22.7 Å². The molecule has 7 heteroatoms. The number of ether oxygens (including phenoxy) is 1. The third-order valence-electron chi connectivity index (χ3n) is 4.68. The van der Waals surface area contributed by atoms with E-state index in [1.165, 1.54) is 6.07 Å². The molecule has 0 saturated carbocycles. The molecule has 1 heterocycles. The van der Waals surface area contributed by atoms with Crippen molar-refractivity contribution < 1.29 is 9.66 Å². The molecule has 0 amide bonds. The fourth-order valence-electron chi connectivity index (χ4n) is 3.11. The van der Waals surface area contributed by atoms with Gasteiger partial charge >= 0.3 is 0 Å². The Balaban J connectivity index is 1.84. The van der Waals surface area contributed by atoms with Gasteiger partial charge in [-0.3, -0.25) is 10.1 Å². The monoisotopic (exact) mass is 342 g/mol. The zero-order valence-electron chi connectivity index (χ0n) is 14.4. The quantitative estimate of drug-likeness (QED) is 0.522. The lowest BCUT2D eigenvalue weighted by atomic mass is 10.1. The van der Waals surface area contributed by atoms with Crippen LogP contribution in [0.25, 0.3) is 0 Å². The van der Waals surface area contributed by atoms with E-state index in [9.17, 15) is 10.1 Å². The van der Waals surface area contributed by atoms with Gasteiger partial charge in [0.2, 0.25) is 0 Å². The maximum absolute atomic E-state index is 10.9. The van der Waals surface area contributed by atoms with Crippen LogP contribution in [-0.2, 0) is 4.74 Å². The number of morpholine rings is 1. The molecule has 3 rings (SSSR count). The van der Waals surface area contributed by atoms with Crippen molar-refractivity contribution in [3.63, 3.8) is 0 Å². The highest BCUT2D eigenvalue weighted by Crippen LogP contribution is 2.32. The third-order valence-corrected chi connectivity index (χ3v) is 4.68. The number of anilines is 3. The number of para-hydroxylation sites is 1. The molecule has 0 bridgehead atoms. The van der Waals surface area contributed by atoms with Crippen molar-refractivity contribution in [2.75, 3.05) is 42.3 Å². The number of rotatable bonds is 4. The highest BCUT2D eigenvalue weighted by molar-refractivity contribution is 5.67. The largest absolute Gasteiger partial charge is 0.393 e. The molecule has 1 aliphatic rings. The number of nitro groups is 1. The summed E-state index contributed by atoms with van der Waals surface area (Å²) in [5.74, 6) is 0. The van der Waals surface area contributed by atoms with Crippen LogP contribution in [-0.4, -0.2) is 37.4 Å². The fourth-order valence-corrected chi connectivity index (χ4v) is 3.11. The first-order valence-electron chi connectivity index (χ1n) is 8.12. The summed E-state index contributed by atoms with van der Waals surface area (Å²) >= 11 is 0. The van der Waals surface area contributed by atoms with Crippen LogP contribution in [0.1, 0.15) is 6.92 Å². The average Bonchev–Trinajstić information content (AvgIpc) is 2.61. The first-order chi connectivity index (χ1) is 11.9. The second kappa shape index (κ2) is 6.60. The Morgan fingerprint density at radius 3 is 2.64 bits per heavy atom. The van der Waals surface area contributed by atoms with Gasteiger partial charge in [0.1, 0.15) is 5.69 Å². The summed E-state index contributed by atoms with van der Waals surface area (Å²) in [6.45, 7) is 4.10. The van der Waals surface area contributed by atoms with E-state index in [0.717, 1.165) is 17.9 Å². The summed E-state index contributed by atoms with van der Waals surface area (Å²) in [6, 6.07) is 14.9. The van der Waals surface area contributed by atoms with Crippen LogP contribution in [0.3, 0.4) is 0 Å². The maximum atomic E-state index is 10.9. The van der Waals surface area contributed by atoms with E-state index in [2.05, 4.69) is 17.0 Å². The van der Waals surface area contributed by atoms with Crippen molar-refractivity contribution in [1.82, 2.24) is 0 Å². The van der Waals surface area contributed by atoms with Gasteiger partial charge in [-0.1, -0.05) is 18.2 Å². The van der Waals surface area contributed by atoms with E-state index < -0.39 is 10.6 Å². The smallest absolute Gasteiger partial charge is 0.292 e. The van der Waals surface area contributed by atoms with Crippen molar-refractivity contribution in [3.05, 3.63) is 58.6 Å². The van der Waals surface area contributed by atoms with E-state index in [1.807, 2.05) is 37.1 Å². The van der Waals surface area contributed by atoms with Gasteiger partial charge in [0.05, 0.1) is 18.1 Å². The summed E-state index contributed by atoms with van der Waals surface area (Å²) in [5, 5.41) is 10.9. The Bertz CT molecular complexity index is 768. The third kappa shape index (κ3) is 3.36. The Kier molecular flexibility index (Phi) is 4.50. The summed E-state index contributed by atoms with van der Waals surface area (Å²) in [6.07, 6.45) is 0. The van der Waals surface area contributed by atoms with Crippen LogP contribution < -0.4 is 15.5 Å². The molecule has 1 fully saturated rings. The Morgan fingerprint density at radius 1 is 1.28 bits per heavy atom. The minimum Gasteiger partial charge on any atom is -0.393 e. The molecular formula is C18H22N4O3. The lowest BCUT2D eigenvalue weighted by molar-refractivity contribution is -0.383. The topological polar surface area (TPSA) is 84.9 Å². The van der Waals surface area contributed by atoms with Crippen LogP contribution in [0, 0.1) is 10.1 Å². The van der Waals surface area contributed by atoms with E-state index in [-0.39, 0.29) is 11.4 Å². The molecule has 0 aromatic heterocycles. The molecule has 132 valence electrons. The van der Waals surface area contributed by atoms with Crippen molar-refractivity contribution in [2.24, 2.45) is 0 Å². The van der Waals surface area contributed by atoms with E-state index in [0.29, 0.717) is 13.2 Å². The lowest BCUT2D eigenvalue weighted by Crippen LogP contribution is -2.59. The first kappa shape index (κ1) is 17.0. The van der Waals surface area contributed by atoms with Crippen LogP contribution >= 0.6 is 0 Å². The molecule has 1 unspecified atom stereocenters. The fraction of sp³-hybridized carbons (Fsp3) is 0.333. The minimum atomic E-state index is -0.573. The molecule has 1 aliphatic heterocycles. The van der Waals surface area contributed by atoms with Gasteiger partial charge in [-0.2, -0.15) is 0 Å². The molecule has 0 radical (unpaired) electrons. The van der Waals surface area contributed by atoms with Gasteiger partial charge in [0.25, 0.3) is 5.69 Å². The number of hydrogen-bond acceptors (Lipinski definition) is 6. The first-order valence-corrected chi connectivity index (χ1v) is 8.12. The predicted octanol–water partition coefficient (Wildman–Crippen LogP) is 2.87. The molecule has 25 heavy (non-hydrogen) atoms. The molecular weight excluding hydrogens is 320 g/mol. The van der Waals surface area contributed by atoms with Crippen LogP contribution in [0.5, 0.6) is 0 Å². The molecule has 1 saturated heterocycles. The molecule has 0 aliphatic carbocycles. The number of hydrogen-bond donors (Lipinski definition) is 1. The summed E-state index contributed by atoms with van der Waals surface area (Å²) < 4.78 is 6.06. The van der Waals surface area contributed by atoms with Gasteiger partial charge < -0.3 is 20.3 Å². The highest BCUT2D eigenvalue weighted by Gasteiger charge is 2.36. The van der Waals surface area contributed by atoms with Crippen LogP contribution in [0.15, 0.2) is 48.5 Å². The van der Waals surface area contributed by atoms with E-state index in [1.54, 1.807) is 12.1 Å². The van der Waals surface area contributed by atoms with Gasteiger partial charge in [-0.25, -0.2) is 0 Å². The number of nitrogen functional groups attached to an aromatic ring is 1. The molecule has 7 nitrogen and oxygen atoms in total. The Labute approximate surface area is 146 Å². The van der Waals surface area contributed by atoms with Crippen LogP contribution in [0.2, 0.25) is 0 Å². The van der Waals surface area contributed by atoms with E-state index in [4.69, 9.17) is 10.5 Å². The SMILES string of the molecule is CN(c1ccc([N+](=O)[O-])c(N)c1)C1(C)CN(c2ccccc2)CCO1. The number of nitrogens with two attached hydrogens (primary N) is 1. The van der Waals surface area contributed by atoms with Crippen molar-refractivity contribution >= 4 is 22.7 Å². The highest BCUT2D eigenvalue weighted by atomic mass is 16.6. The van der Waals surface area contributed by atoms with Crippen molar-refractivity contribution in [2.45, 2.75) is 12.6 Å². The minimum absolute atomic E-state index is 0.0854. The van der Waals surface area contributed by atoms with E-state index >= 15 is 0 Å². The molecule has 2 aromatic rings. The Morgan fingerprint density at radius 2 is 2.00 bits per heavy atom. The molecule has 0 spiro atoms. The number of likely N-dealkylation sites (N-methyl/N-ethyl adjacent to an activating group) is 1.